The molecule has 0 unspecified atom stereocenters. The van der Waals surface area contributed by atoms with Crippen LogP contribution in [-0.4, -0.2) is 20.2 Å². The minimum Gasteiger partial charge on any atom is -0.379 e. The highest BCUT2D eigenvalue weighted by atomic mass is 32.2. The number of hydrogen-bond donors (Lipinski definition) is 0. The summed E-state index contributed by atoms with van der Waals surface area (Å²) in [5.74, 6) is -0.796. The lowest BCUT2D eigenvalue weighted by Gasteiger charge is -2.18. The summed E-state index contributed by atoms with van der Waals surface area (Å²) in [6.07, 6.45) is 0. The number of carbonyl (C=O) groups is 2. The Bertz CT molecular complexity index is 1170. The number of carbonyl (C=O) groups excluding carboxylic acids is 2. The average Bonchev–Trinajstić information content (AvgIpc) is 2.94. The summed E-state index contributed by atoms with van der Waals surface area (Å²) < 4.78 is 30.4. The van der Waals surface area contributed by atoms with Crippen LogP contribution in [0.5, 0.6) is 5.75 Å². The van der Waals surface area contributed by atoms with Gasteiger partial charge in [0.05, 0.1) is 16.8 Å². The quantitative estimate of drug-likeness (QED) is 0.500. The van der Waals surface area contributed by atoms with Gasteiger partial charge in [-0.25, -0.2) is 4.90 Å². The minimum atomic E-state index is -4.13. The highest BCUT2D eigenvalue weighted by Gasteiger charge is 2.37. The zero-order valence-corrected chi connectivity index (χ0v) is 15.6. The highest BCUT2D eigenvalue weighted by Crippen LogP contribution is 2.32. The molecule has 6 nitrogen and oxygen atoms in total. The van der Waals surface area contributed by atoms with Gasteiger partial charge in [-0.05, 0) is 48.9 Å². The van der Waals surface area contributed by atoms with Crippen molar-refractivity contribution in [1.82, 2.24) is 0 Å². The average molecular weight is 393 g/mol. The van der Waals surface area contributed by atoms with Crippen LogP contribution in [0.3, 0.4) is 0 Å². The van der Waals surface area contributed by atoms with Gasteiger partial charge in [0.15, 0.2) is 0 Å². The van der Waals surface area contributed by atoms with Crippen molar-refractivity contribution < 1.29 is 22.2 Å². The Labute approximate surface area is 162 Å². The van der Waals surface area contributed by atoms with Crippen molar-refractivity contribution in [3.8, 4) is 5.75 Å². The lowest BCUT2D eigenvalue weighted by molar-refractivity contribution is 0.0925. The van der Waals surface area contributed by atoms with Gasteiger partial charge in [-0.15, -0.1) is 0 Å². The maximum absolute atomic E-state index is 12.7. The van der Waals surface area contributed by atoms with E-state index >= 15 is 0 Å². The summed E-state index contributed by atoms with van der Waals surface area (Å²) in [7, 11) is -4.13. The second kappa shape index (κ2) is 6.61. The van der Waals surface area contributed by atoms with Gasteiger partial charge in [-0.1, -0.05) is 36.4 Å². The summed E-state index contributed by atoms with van der Waals surface area (Å²) in [6, 6.07) is 18.8. The number of para-hydroxylation sites is 1. The first-order valence-corrected chi connectivity index (χ1v) is 9.87. The van der Waals surface area contributed by atoms with Gasteiger partial charge < -0.3 is 4.18 Å². The Morgan fingerprint density at radius 3 is 1.96 bits per heavy atom. The van der Waals surface area contributed by atoms with Crippen molar-refractivity contribution in [2.75, 3.05) is 4.90 Å². The smallest absolute Gasteiger partial charge is 0.339 e. The molecule has 0 saturated carbocycles. The molecule has 0 atom stereocenters. The van der Waals surface area contributed by atoms with Crippen LogP contribution in [0.2, 0.25) is 0 Å². The molecule has 1 aliphatic rings. The van der Waals surface area contributed by atoms with E-state index in [2.05, 4.69) is 0 Å². The highest BCUT2D eigenvalue weighted by molar-refractivity contribution is 7.87. The van der Waals surface area contributed by atoms with E-state index in [1.807, 2.05) is 0 Å². The van der Waals surface area contributed by atoms with E-state index in [1.54, 1.807) is 55.5 Å². The summed E-state index contributed by atoms with van der Waals surface area (Å²) in [6.45, 7) is 1.70. The third-order valence-electron chi connectivity index (χ3n) is 4.45. The molecule has 2 amide bonds. The van der Waals surface area contributed by atoms with E-state index < -0.39 is 21.9 Å². The molecule has 140 valence electrons. The summed E-state index contributed by atoms with van der Waals surface area (Å²) in [4.78, 5) is 26.3. The predicted octanol–water partition coefficient (Wildman–Crippen LogP) is 3.56. The molecule has 0 radical (unpaired) electrons. The lowest BCUT2D eigenvalue weighted by atomic mass is 10.1. The van der Waals surface area contributed by atoms with Crippen LogP contribution < -0.4 is 9.08 Å². The molecule has 1 aliphatic heterocycles. The van der Waals surface area contributed by atoms with Crippen molar-refractivity contribution in [1.29, 1.82) is 0 Å². The fourth-order valence-corrected chi connectivity index (χ4v) is 4.00. The molecule has 0 N–H and O–H groups in total. The normalized spacial score (nSPS) is 13.5. The molecule has 7 heteroatoms. The number of aryl methyl sites for hydroxylation is 1. The first kappa shape index (κ1) is 17.9. The van der Waals surface area contributed by atoms with Crippen LogP contribution in [0, 0.1) is 6.92 Å². The fraction of sp³-hybridized carbons (Fsp3) is 0.0476. The third-order valence-corrected chi connectivity index (χ3v) is 5.70. The molecule has 0 aromatic heterocycles. The molecule has 0 aliphatic carbocycles. The van der Waals surface area contributed by atoms with Crippen LogP contribution in [0.15, 0.2) is 77.7 Å². The predicted molar refractivity (Wildman–Crippen MR) is 103 cm³/mol. The van der Waals surface area contributed by atoms with Crippen LogP contribution in [0.1, 0.15) is 26.3 Å². The second-order valence-corrected chi connectivity index (χ2v) is 7.84. The maximum atomic E-state index is 12.7. The van der Waals surface area contributed by atoms with Gasteiger partial charge >= 0.3 is 10.1 Å². The van der Waals surface area contributed by atoms with Gasteiger partial charge in [0, 0.05) is 0 Å². The van der Waals surface area contributed by atoms with Gasteiger partial charge in [-0.2, -0.15) is 8.42 Å². The first-order valence-electron chi connectivity index (χ1n) is 8.46. The van der Waals surface area contributed by atoms with Gasteiger partial charge in [0.25, 0.3) is 11.8 Å². The van der Waals surface area contributed by atoms with Crippen LogP contribution in [0.25, 0.3) is 0 Å². The number of imide groups is 1. The van der Waals surface area contributed by atoms with E-state index in [4.69, 9.17) is 4.18 Å². The molecule has 1 heterocycles. The minimum absolute atomic E-state index is 0.145. The SMILES string of the molecule is Cc1ccc(S(=O)(=O)Oc2ccccc2)cc1N1C(=O)c2ccccc2C1=O. The van der Waals surface area contributed by atoms with Gasteiger partial charge in [-0.3, -0.25) is 9.59 Å². The molecule has 0 spiro atoms. The van der Waals surface area contributed by atoms with Crippen LogP contribution >= 0.6 is 0 Å². The number of amides is 2. The number of fused-ring (bicyclic) bond motifs is 1. The van der Waals surface area contributed by atoms with E-state index in [1.165, 1.54) is 24.3 Å². The molecule has 0 fully saturated rings. The number of anilines is 1. The molecule has 0 bridgehead atoms. The summed E-state index contributed by atoms with van der Waals surface area (Å²) in [5.41, 5.74) is 1.39. The maximum Gasteiger partial charge on any atom is 0.339 e. The Morgan fingerprint density at radius 2 is 1.36 bits per heavy atom. The van der Waals surface area contributed by atoms with Crippen molar-refractivity contribution in [3.05, 3.63) is 89.5 Å². The number of nitrogens with zero attached hydrogens (tertiary/aromatic N) is 1. The van der Waals surface area contributed by atoms with Crippen LogP contribution in [-0.2, 0) is 10.1 Å². The van der Waals surface area contributed by atoms with E-state index in [9.17, 15) is 18.0 Å². The molecule has 0 saturated heterocycles. The largest absolute Gasteiger partial charge is 0.379 e. The standard InChI is InChI=1S/C21H15NO5S/c1-14-11-12-16(28(25,26)27-15-7-3-2-4-8-15)13-19(14)22-20(23)17-9-5-6-10-18(17)21(22)24/h2-13H,1H3. The van der Waals surface area contributed by atoms with E-state index in [-0.39, 0.29) is 16.3 Å². The Hall–Kier alpha value is -3.45. The van der Waals surface area contributed by atoms with Crippen LogP contribution in [0.4, 0.5) is 5.69 Å². The van der Waals surface area contributed by atoms with Gasteiger partial charge in [0.2, 0.25) is 0 Å². The van der Waals surface area contributed by atoms with E-state index in [0.717, 1.165) is 4.90 Å². The molecule has 4 rings (SSSR count). The molecule has 28 heavy (non-hydrogen) atoms. The zero-order valence-electron chi connectivity index (χ0n) is 14.8. The second-order valence-electron chi connectivity index (χ2n) is 6.29. The Kier molecular flexibility index (Phi) is 4.24. The molecule has 3 aromatic rings. The lowest BCUT2D eigenvalue weighted by Crippen LogP contribution is -2.30. The number of rotatable bonds is 4. The Morgan fingerprint density at radius 1 is 0.786 bits per heavy atom. The first-order chi connectivity index (χ1) is 13.4. The van der Waals surface area contributed by atoms with Crippen molar-refractivity contribution in [2.45, 2.75) is 11.8 Å². The topological polar surface area (TPSA) is 80.8 Å². The number of hydrogen-bond acceptors (Lipinski definition) is 5. The van der Waals surface area contributed by atoms with Gasteiger partial charge in [0.1, 0.15) is 10.6 Å². The summed E-state index contributed by atoms with van der Waals surface area (Å²) >= 11 is 0. The third kappa shape index (κ3) is 2.95. The van der Waals surface area contributed by atoms with E-state index in [0.29, 0.717) is 16.7 Å². The molecular formula is C21H15NO5S. The Balaban J connectivity index is 1.75. The number of benzene rings is 3. The fourth-order valence-electron chi connectivity index (χ4n) is 3.04. The van der Waals surface area contributed by atoms with Crippen molar-refractivity contribution >= 4 is 27.6 Å². The molecule has 3 aromatic carbocycles. The monoisotopic (exact) mass is 393 g/mol. The zero-order chi connectivity index (χ0) is 19.9. The molecular weight excluding hydrogens is 378 g/mol. The van der Waals surface area contributed by atoms with Crippen molar-refractivity contribution in [2.24, 2.45) is 0 Å². The summed E-state index contributed by atoms with van der Waals surface area (Å²) in [5, 5.41) is 0. The van der Waals surface area contributed by atoms with Crippen molar-refractivity contribution in [3.63, 3.8) is 0 Å².